The molecule has 0 aliphatic heterocycles. The summed E-state index contributed by atoms with van der Waals surface area (Å²) in [6, 6.07) is 5.29. The molecule has 0 bridgehead atoms. The average molecular weight is 331 g/mol. The lowest BCUT2D eigenvalue weighted by molar-refractivity contribution is -0.123. The number of amides is 1. The van der Waals surface area contributed by atoms with Gasteiger partial charge in [0.25, 0.3) is 0 Å². The number of ketones is 1. The van der Waals surface area contributed by atoms with Gasteiger partial charge in [0.2, 0.25) is 5.91 Å². The van der Waals surface area contributed by atoms with Crippen molar-refractivity contribution in [1.29, 1.82) is 5.26 Å². The molecule has 1 saturated carbocycles. The molecule has 1 aliphatic carbocycles. The van der Waals surface area contributed by atoms with Crippen LogP contribution in [-0.4, -0.2) is 28.5 Å². The molecule has 1 aromatic heterocycles. The Bertz CT molecular complexity index is 589. The smallest absolute Gasteiger partial charge is 0.245 e. The lowest BCUT2D eigenvalue weighted by Crippen LogP contribution is -2.42. The summed E-state index contributed by atoms with van der Waals surface area (Å²) in [5, 5.41) is 12.9. The Morgan fingerprint density at radius 3 is 2.70 bits per heavy atom. The van der Waals surface area contributed by atoms with Crippen LogP contribution in [0, 0.1) is 17.2 Å². The fraction of sp³-hybridized carbons (Fsp3) is 0.529. The molecular weight excluding hydrogens is 310 g/mol. The van der Waals surface area contributed by atoms with Crippen molar-refractivity contribution in [2.24, 2.45) is 5.92 Å². The predicted molar refractivity (Wildman–Crippen MR) is 89.1 cm³/mol. The van der Waals surface area contributed by atoms with E-state index < -0.39 is 17.6 Å². The van der Waals surface area contributed by atoms with Gasteiger partial charge < -0.3 is 5.32 Å². The summed E-state index contributed by atoms with van der Waals surface area (Å²) >= 11 is 1.57. The van der Waals surface area contributed by atoms with Crippen LogP contribution in [0.25, 0.3) is 0 Å². The van der Waals surface area contributed by atoms with Crippen molar-refractivity contribution >= 4 is 23.5 Å². The number of Topliss-reactive ketones (excluding diaryl/α,β-unsaturated/α-hetero) is 1. The number of hydrogen-bond donors (Lipinski definition) is 1. The molecule has 0 saturated heterocycles. The highest BCUT2D eigenvalue weighted by Gasteiger charge is 2.29. The van der Waals surface area contributed by atoms with Crippen LogP contribution < -0.4 is 5.32 Å². The maximum Gasteiger partial charge on any atom is 0.245 e. The first-order valence-electron chi connectivity index (χ1n) is 7.98. The van der Waals surface area contributed by atoms with Crippen LogP contribution >= 0.6 is 11.8 Å². The second kappa shape index (κ2) is 8.68. The Labute approximate surface area is 140 Å². The molecule has 5 nitrogen and oxygen atoms in total. The van der Waals surface area contributed by atoms with Gasteiger partial charge in [-0.15, -0.1) is 11.8 Å². The zero-order chi connectivity index (χ0) is 16.7. The summed E-state index contributed by atoms with van der Waals surface area (Å²) in [6.07, 6.45) is 6.62. The molecule has 1 atom stereocenters. The number of rotatable bonds is 6. The predicted octanol–water partition coefficient (Wildman–Crippen LogP) is 2.96. The van der Waals surface area contributed by atoms with E-state index in [2.05, 4.69) is 10.3 Å². The Hall–Kier alpha value is -1.87. The third kappa shape index (κ3) is 4.80. The van der Waals surface area contributed by atoms with Gasteiger partial charge in [-0.1, -0.05) is 26.2 Å². The molecule has 6 heteroatoms. The number of nitriles is 1. The van der Waals surface area contributed by atoms with Crippen LogP contribution in [0.1, 0.15) is 49.4 Å². The second-order valence-corrected chi connectivity index (χ2v) is 6.87. The summed E-state index contributed by atoms with van der Waals surface area (Å²) < 4.78 is 0. The van der Waals surface area contributed by atoms with E-state index in [9.17, 15) is 14.9 Å². The van der Waals surface area contributed by atoms with E-state index in [1.165, 1.54) is 12.6 Å². The van der Waals surface area contributed by atoms with E-state index in [4.69, 9.17) is 0 Å². The molecular formula is C17H21N3O2S. The summed E-state index contributed by atoms with van der Waals surface area (Å²) in [7, 11) is 0. The fourth-order valence-electron chi connectivity index (χ4n) is 2.69. The minimum atomic E-state index is -1.30. The van der Waals surface area contributed by atoms with E-state index in [0.717, 1.165) is 36.5 Å². The van der Waals surface area contributed by atoms with Gasteiger partial charge in [0.15, 0.2) is 11.7 Å². The lowest BCUT2D eigenvalue weighted by Gasteiger charge is -2.23. The Morgan fingerprint density at radius 2 is 2.13 bits per heavy atom. The lowest BCUT2D eigenvalue weighted by atomic mass is 9.94. The third-order valence-electron chi connectivity index (χ3n) is 3.92. The van der Waals surface area contributed by atoms with Crippen LogP contribution in [0.2, 0.25) is 0 Å². The number of aromatic nitrogens is 1. The van der Waals surface area contributed by atoms with Crippen LogP contribution in [0.5, 0.6) is 0 Å². The first-order chi connectivity index (χ1) is 11.2. The molecule has 0 radical (unpaired) electrons. The van der Waals surface area contributed by atoms with Crippen molar-refractivity contribution < 1.29 is 9.59 Å². The van der Waals surface area contributed by atoms with Crippen molar-refractivity contribution in [2.75, 3.05) is 5.75 Å². The van der Waals surface area contributed by atoms with Gasteiger partial charge >= 0.3 is 0 Å². The first-order valence-corrected chi connectivity index (χ1v) is 8.97. The second-order valence-electron chi connectivity index (χ2n) is 5.59. The zero-order valence-corrected chi connectivity index (χ0v) is 14.1. The molecule has 1 amide bonds. The van der Waals surface area contributed by atoms with Crippen LogP contribution in [0.3, 0.4) is 0 Å². The first kappa shape index (κ1) is 17.5. The van der Waals surface area contributed by atoms with Crippen molar-refractivity contribution in [3.05, 3.63) is 23.9 Å². The molecule has 1 fully saturated rings. The van der Waals surface area contributed by atoms with E-state index in [-0.39, 0.29) is 6.04 Å². The highest BCUT2D eigenvalue weighted by molar-refractivity contribution is 7.99. The highest BCUT2D eigenvalue weighted by Crippen LogP contribution is 2.19. The maximum atomic E-state index is 12.4. The summed E-state index contributed by atoms with van der Waals surface area (Å²) in [4.78, 5) is 28.8. The third-order valence-corrected chi connectivity index (χ3v) is 4.74. The Balaban J connectivity index is 2.02. The molecule has 1 aliphatic rings. The molecule has 0 aromatic carbocycles. The summed E-state index contributed by atoms with van der Waals surface area (Å²) in [5.74, 6) is -1.38. The van der Waals surface area contributed by atoms with Gasteiger partial charge in [0, 0.05) is 17.8 Å². The highest BCUT2D eigenvalue weighted by atomic mass is 32.2. The number of thioether (sulfide) groups is 1. The number of carbonyl (C=O) groups excluding carboxylic acids is 2. The van der Waals surface area contributed by atoms with Gasteiger partial charge in [0.05, 0.1) is 11.1 Å². The monoisotopic (exact) mass is 331 g/mol. The van der Waals surface area contributed by atoms with Crippen molar-refractivity contribution in [3.63, 3.8) is 0 Å². The molecule has 1 N–H and O–H groups in total. The Kier molecular flexibility index (Phi) is 6.60. The summed E-state index contributed by atoms with van der Waals surface area (Å²) in [5.41, 5.74) is 0.302. The molecule has 23 heavy (non-hydrogen) atoms. The number of nitrogens with zero attached hydrogens (tertiary/aromatic N) is 2. The molecule has 0 spiro atoms. The van der Waals surface area contributed by atoms with Gasteiger partial charge in [0.1, 0.15) is 0 Å². The molecule has 0 unspecified atom stereocenters. The van der Waals surface area contributed by atoms with Gasteiger partial charge in [-0.05, 0) is 30.7 Å². The topological polar surface area (TPSA) is 82.8 Å². The number of hydrogen-bond acceptors (Lipinski definition) is 5. The van der Waals surface area contributed by atoms with E-state index in [1.54, 1.807) is 23.9 Å². The van der Waals surface area contributed by atoms with Gasteiger partial charge in [-0.2, -0.15) is 5.26 Å². The molecule has 1 heterocycles. The van der Waals surface area contributed by atoms with E-state index in [0.29, 0.717) is 5.56 Å². The summed E-state index contributed by atoms with van der Waals surface area (Å²) in [6.45, 7) is 2.02. The fourth-order valence-corrected chi connectivity index (χ4v) is 3.28. The number of carbonyl (C=O) groups is 2. The maximum absolute atomic E-state index is 12.4. The standard InChI is InChI=1S/C17H21N3O2S/c1-2-23-15-9-8-12(11-19-15)16(21)14(10-18)17(22)20-13-6-4-3-5-7-13/h8-9,11,13-14H,2-7H2,1H3,(H,20,22)/t14-/m0/s1. The SMILES string of the molecule is CCSc1ccc(C(=O)[C@H](C#N)C(=O)NC2CCCCC2)cn1. The van der Waals surface area contributed by atoms with E-state index in [1.807, 2.05) is 13.0 Å². The average Bonchev–Trinajstić information content (AvgIpc) is 2.57. The molecule has 1 aromatic rings. The molecule has 122 valence electrons. The van der Waals surface area contributed by atoms with Crippen molar-refractivity contribution in [1.82, 2.24) is 10.3 Å². The van der Waals surface area contributed by atoms with E-state index >= 15 is 0 Å². The minimum Gasteiger partial charge on any atom is -0.352 e. The van der Waals surface area contributed by atoms with Crippen LogP contribution in [-0.2, 0) is 4.79 Å². The number of pyridine rings is 1. The minimum absolute atomic E-state index is 0.0846. The largest absolute Gasteiger partial charge is 0.352 e. The van der Waals surface area contributed by atoms with Crippen LogP contribution in [0.15, 0.2) is 23.4 Å². The zero-order valence-electron chi connectivity index (χ0n) is 13.2. The van der Waals surface area contributed by atoms with Crippen molar-refractivity contribution in [2.45, 2.75) is 50.1 Å². The van der Waals surface area contributed by atoms with Gasteiger partial charge in [-0.3, -0.25) is 9.59 Å². The van der Waals surface area contributed by atoms with Crippen molar-refractivity contribution in [3.8, 4) is 6.07 Å². The molecule has 2 rings (SSSR count). The van der Waals surface area contributed by atoms with Gasteiger partial charge in [-0.25, -0.2) is 4.98 Å². The van der Waals surface area contributed by atoms with Crippen LogP contribution in [0.4, 0.5) is 0 Å². The quantitative estimate of drug-likeness (QED) is 0.492. The normalized spacial score (nSPS) is 16.3. The Morgan fingerprint density at radius 1 is 1.39 bits per heavy atom. The number of nitrogens with one attached hydrogen (secondary N) is 1.